The van der Waals surface area contributed by atoms with E-state index in [4.69, 9.17) is 13.9 Å². The Balaban J connectivity index is 1.38. The van der Waals surface area contributed by atoms with Crippen molar-refractivity contribution in [3.63, 3.8) is 0 Å². The lowest BCUT2D eigenvalue weighted by atomic mass is 10.1. The Morgan fingerprint density at radius 3 is 2.58 bits per heavy atom. The fourth-order valence-electron chi connectivity index (χ4n) is 4.31. The third-order valence-corrected chi connectivity index (χ3v) is 6.27. The standard InChI is InChI=1S/C30H26N2O6/c1-36-28-18-20(6-12-26(28)34)19-31-22-9-7-21(8-10-22)25(33)13-11-24-29(32-14-16-37-17-15-32)23-4-2-3-5-27(23)38-30(24)35/h2-13,18-19,34H,14-17H2,1H3/b13-11+,31-19?. The molecule has 1 N–H and O–H groups in total. The van der Waals surface area contributed by atoms with Gasteiger partial charge in [0.15, 0.2) is 17.3 Å². The largest absolute Gasteiger partial charge is 0.504 e. The number of anilines is 1. The summed E-state index contributed by atoms with van der Waals surface area (Å²) in [5, 5.41) is 10.5. The molecule has 1 fully saturated rings. The minimum atomic E-state index is -0.496. The van der Waals surface area contributed by atoms with Crippen LogP contribution in [0.4, 0.5) is 11.4 Å². The van der Waals surface area contributed by atoms with E-state index in [1.807, 2.05) is 18.2 Å². The van der Waals surface area contributed by atoms with Crippen molar-refractivity contribution in [1.29, 1.82) is 0 Å². The van der Waals surface area contributed by atoms with Gasteiger partial charge < -0.3 is 23.9 Å². The number of hydrogen-bond acceptors (Lipinski definition) is 8. The van der Waals surface area contributed by atoms with E-state index in [-0.39, 0.29) is 11.5 Å². The van der Waals surface area contributed by atoms with Crippen LogP contribution in [0.15, 0.2) is 87.0 Å². The number of nitrogens with zero attached hydrogens (tertiary/aromatic N) is 2. The Kier molecular flexibility index (Phi) is 7.33. The first-order valence-corrected chi connectivity index (χ1v) is 12.2. The van der Waals surface area contributed by atoms with Crippen molar-refractivity contribution >= 4 is 40.4 Å². The molecule has 0 saturated carbocycles. The second-order valence-electron chi connectivity index (χ2n) is 8.68. The first-order chi connectivity index (χ1) is 18.5. The first kappa shape index (κ1) is 25.0. The van der Waals surface area contributed by atoms with Gasteiger partial charge in [-0.1, -0.05) is 12.1 Å². The summed E-state index contributed by atoms with van der Waals surface area (Å²) in [5.41, 5.74) is 2.97. The number of para-hydroxylation sites is 1. The summed E-state index contributed by atoms with van der Waals surface area (Å²) in [6.45, 7) is 2.40. The van der Waals surface area contributed by atoms with Crippen molar-refractivity contribution in [2.24, 2.45) is 4.99 Å². The van der Waals surface area contributed by atoms with Crippen molar-refractivity contribution in [1.82, 2.24) is 0 Å². The summed E-state index contributed by atoms with van der Waals surface area (Å²) >= 11 is 0. The van der Waals surface area contributed by atoms with Crippen LogP contribution in [-0.4, -0.2) is 50.5 Å². The number of carbonyl (C=O) groups excluding carboxylic acids is 1. The van der Waals surface area contributed by atoms with Gasteiger partial charge in [0, 0.05) is 30.3 Å². The predicted octanol–water partition coefficient (Wildman–Crippen LogP) is 4.99. The number of methoxy groups -OCH3 is 1. The van der Waals surface area contributed by atoms with Gasteiger partial charge in [-0.3, -0.25) is 9.79 Å². The Bertz CT molecular complexity index is 1580. The van der Waals surface area contributed by atoms with Crippen LogP contribution in [0.1, 0.15) is 21.5 Å². The SMILES string of the molecule is COc1cc(C=Nc2ccc(C(=O)/C=C/c3c(N4CCOCC4)c4ccccc4oc3=O)cc2)ccc1O. The molecular weight excluding hydrogens is 484 g/mol. The molecule has 2 heterocycles. The number of phenols is 1. The molecule has 192 valence electrons. The molecule has 5 rings (SSSR count). The number of fused-ring (bicyclic) bond motifs is 1. The van der Waals surface area contributed by atoms with Gasteiger partial charge in [-0.05, 0) is 72.3 Å². The number of carbonyl (C=O) groups is 1. The lowest BCUT2D eigenvalue weighted by Gasteiger charge is -2.30. The van der Waals surface area contributed by atoms with Crippen LogP contribution >= 0.6 is 0 Å². The van der Waals surface area contributed by atoms with Crippen LogP contribution < -0.4 is 15.3 Å². The van der Waals surface area contributed by atoms with Gasteiger partial charge in [0.1, 0.15) is 5.58 Å². The fourth-order valence-corrected chi connectivity index (χ4v) is 4.31. The van der Waals surface area contributed by atoms with Gasteiger partial charge in [-0.2, -0.15) is 0 Å². The molecule has 1 aromatic heterocycles. The maximum absolute atomic E-state index is 12.9. The molecule has 0 spiro atoms. The molecule has 8 nitrogen and oxygen atoms in total. The Morgan fingerprint density at radius 1 is 1.05 bits per heavy atom. The Morgan fingerprint density at radius 2 is 1.82 bits per heavy atom. The molecule has 0 radical (unpaired) electrons. The monoisotopic (exact) mass is 510 g/mol. The molecule has 38 heavy (non-hydrogen) atoms. The van der Waals surface area contributed by atoms with E-state index in [1.54, 1.807) is 48.7 Å². The number of ketones is 1. The summed E-state index contributed by atoms with van der Waals surface area (Å²) in [6, 6.07) is 19.2. The second kappa shape index (κ2) is 11.1. The average molecular weight is 511 g/mol. The zero-order valence-electron chi connectivity index (χ0n) is 20.8. The fraction of sp³-hybridized carbons (Fsp3) is 0.167. The van der Waals surface area contributed by atoms with Crippen molar-refractivity contribution in [2.75, 3.05) is 38.3 Å². The van der Waals surface area contributed by atoms with Crippen LogP contribution in [0.25, 0.3) is 17.0 Å². The quantitative estimate of drug-likeness (QED) is 0.162. The molecular formula is C30H26N2O6. The lowest BCUT2D eigenvalue weighted by Crippen LogP contribution is -2.37. The molecule has 1 aliphatic heterocycles. The third kappa shape index (κ3) is 5.35. The number of aliphatic imine (C=N–C) groups is 1. The van der Waals surface area contributed by atoms with Crippen molar-refractivity contribution in [2.45, 2.75) is 0 Å². The van der Waals surface area contributed by atoms with E-state index in [0.717, 1.165) is 16.6 Å². The van der Waals surface area contributed by atoms with Crippen LogP contribution in [0.5, 0.6) is 11.5 Å². The van der Waals surface area contributed by atoms with Crippen molar-refractivity contribution < 1.29 is 23.8 Å². The van der Waals surface area contributed by atoms with Crippen LogP contribution in [0.2, 0.25) is 0 Å². The number of ether oxygens (including phenoxy) is 2. The summed E-state index contributed by atoms with van der Waals surface area (Å²) in [5.74, 6) is 0.169. The molecule has 1 saturated heterocycles. The second-order valence-corrected chi connectivity index (χ2v) is 8.68. The smallest absolute Gasteiger partial charge is 0.345 e. The number of aromatic hydroxyl groups is 1. The molecule has 0 bridgehead atoms. The molecule has 0 aliphatic carbocycles. The number of rotatable bonds is 7. The predicted molar refractivity (Wildman–Crippen MR) is 147 cm³/mol. The highest BCUT2D eigenvalue weighted by molar-refractivity contribution is 6.08. The van der Waals surface area contributed by atoms with Gasteiger partial charge in [0.05, 0.1) is 37.3 Å². The molecule has 1 aliphatic rings. The van der Waals surface area contributed by atoms with Gasteiger partial charge in [0.2, 0.25) is 0 Å². The Hall–Kier alpha value is -4.69. The minimum Gasteiger partial charge on any atom is -0.504 e. The molecule has 0 amide bonds. The topological polar surface area (TPSA) is 102 Å². The number of phenolic OH excluding ortho intramolecular Hbond substituents is 1. The highest BCUT2D eigenvalue weighted by atomic mass is 16.5. The molecule has 0 atom stereocenters. The van der Waals surface area contributed by atoms with Crippen LogP contribution in [-0.2, 0) is 4.74 Å². The van der Waals surface area contributed by atoms with Gasteiger partial charge >= 0.3 is 5.63 Å². The minimum absolute atomic E-state index is 0.0547. The number of hydrogen-bond donors (Lipinski definition) is 1. The Labute approximate surface area is 219 Å². The molecule has 4 aromatic rings. The van der Waals surface area contributed by atoms with E-state index < -0.39 is 5.63 Å². The van der Waals surface area contributed by atoms with E-state index in [9.17, 15) is 14.7 Å². The molecule has 0 unspecified atom stereocenters. The molecule has 3 aromatic carbocycles. The van der Waals surface area contributed by atoms with Crippen LogP contribution in [0, 0.1) is 0 Å². The molecule has 8 heteroatoms. The van der Waals surface area contributed by atoms with Crippen LogP contribution in [0.3, 0.4) is 0 Å². The summed E-state index contributed by atoms with van der Waals surface area (Å²) in [4.78, 5) is 32.4. The van der Waals surface area contributed by atoms with E-state index >= 15 is 0 Å². The first-order valence-electron chi connectivity index (χ1n) is 12.2. The highest BCUT2D eigenvalue weighted by Crippen LogP contribution is 2.30. The van der Waals surface area contributed by atoms with E-state index in [2.05, 4.69) is 9.89 Å². The maximum Gasteiger partial charge on any atom is 0.345 e. The number of morpholine rings is 1. The van der Waals surface area contributed by atoms with Crippen molar-refractivity contribution in [3.8, 4) is 11.5 Å². The average Bonchev–Trinajstić information content (AvgIpc) is 2.96. The zero-order valence-corrected chi connectivity index (χ0v) is 20.8. The van der Waals surface area contributed by atoms with Gasteiger partial charge in [0.25, 0.3) is 0 Å². The summed E-state index contributed by atoms with van der Waals surface area (Å²) in [7, 11) is 1.48. The van der Waals surface area contributed by atoms with E-state index in [1.165, 1.54) is 25.3 Å². The third-order valence-electron chi connectivity index (χ3n) is 6.27. The number of benzene rings is 3. The zero-order chi connectivity index (χ0) is 26.5. The van der Waals surface area contributed by atoms with Gasteiger partial charge in [-0.25, -0.2) is 4.79 Å². The summed E-state index contributed by atoms with van der Waals surface area (Å²) in [6.07, 6.45) is 4.58. The highest BCUT2D eigenvalue weighted by Gasteiger charge is 2.20. The lowest BCUT2D eigenvalue weighted by molar-refractivity contribution is 0.104. The van der Waals surface area contributed by atoms with E-state index in [0.29, 0.717) is 54.5 Å². The normalized spacial score (nSPS) is 14.0. The summed E-state index contributed by atoms with van der Waals surface area (Å²) < 4.78 is 16.2. The number of allylic oxidation sites excluding steroid dienone is 1. The van der Waals surface area contributed by atoms with Gasteiger partial charge in [-0.15, -0.1) is 0 Å². The van der Waals surface area contributed by atoms with Crippen molar-refractivity contribution in [3.05, 3.63) is 99.9 Å². The maximum atomic E-state index is 12.9.